The van der Waals surface area contributed by atoms with Crippen LogP contribution in [0.3, 0.4) is 0 Å². The molecule has 0 aliphatic heterocycles. The molecule has 0 aliphatic carbocycles. The van der Waals surface area contributed by atoms with E-state index < -0.39 is 15.8 Å². The first-order valence-corrected chi connectivity index (χ1v) is 5.32. The fourth-order valence-corrected chi connectivity index (χ4v) is 1.32. The molecule has 0 radical (unpaired) electrons. The third-order valence-corrected chi connectivity index (χ3v) is 2.53. The van der Waals surface area contributed by atoms with Crippen LogP contribution in [0.15, 0.2) is 12.4 Å². The molecule has 0 saturated carbocycles. The highest BCUT2D eigenvalue weighted by Gasteiger charge is 2.22. The topological polar surface area (TPSA) is 74.8 Å². The second-order valence-electron chi connectivity index (χ2n) is 2.49. The van der Waals surface area contributed by atoms with Crippen molar-refractivity contribution >= 4 is 10.0 Å². The molecule has 0 amide bonds. The summed E-state index contributed by atoms with van der Waals surface area (Å²) in [7, 11) is -4.48. The van der Waals surface area contributed by atoms with Crippen LogP contribution in [-0.4, -0.2) is 30.7 Å². The summed E-state index contributed by atoms with van der Waals surface area (Å²) in [4.78, 5) is 6.52. The van der Waals surface area contributed by atoms with Gasteiger partial charge >= 0.3 is 5.76 Å². The SMILES string of the molecule is O=S(=O)(NCCc1ncc[nH]1)C(F)F. The van der Waals surface area contributed by atoms with E-state index >= 15 is 0 Å². The Labute approximate surface area is 79.6 Å². The second-order valence-corrected chi connectivity index (χ2v) is 4.22. The quantitative estimate of drug-likeness (QED) is 0.746. The Morgan fingerprint density at radius 3 is 2.79 bits per heavy atom. The molecule has 0 fully saturated rings. The second kappa shape index (κ2) is 4.47. The Hall–Kier alpha value is -1.02. The average molecular weight is 225 g/mol. The molecule has 0 spiro atoms. The van der Waals surface area contributed by atoms with E-state index in [9.17, 15) is 17.2 Å². The van der Waals surface area contributed by atoms with Crippen LogP contribution >= 0.6 is 0 Å². The predicted octanol–water partition coefficient (Wildman–Crippen LogP) is 0.0942. The zero-order valence-corrected chi connectivity index (χ0v) is 7.89. The van der Waals surface area contributed by atoms with Gasteiger partial charge in [-0.2, -0.15) is 8.78 Å². The molecule has 2 N–H and O–H groups in total. The maximum atomic E-state index is 11.8. The van der Waals surface area contributed by atoms with Gasteiger partial charge in [0.2, 0.25) is 0 Å². The minimum atomic E-state index is -4.48. The number of halogens is 2. The summed E-state index contributed by atoms with van der Waals surface area (Å²) in [5, 5.41) is 0. The van der Waals surface area contributed by atoms with Crippen molar-refractivity contribution in [3.63, 3.8) is 0 Å². The van der Waals surface area contributed by atoms with Gasteiger partial charge in [-0.25, -0.2) is 18.1 Å². The van der Waals surface area contributed by atoms with Crippen LogP contribution in [0.5, 0.6) is 0 Å². The number of aromatic amines is 1. The van der Waals surface area contributed by atoms with Crippen LogP contribution in [0.1, 0.15) is 5.82 Å². The number of sulfonamides is 1. The average Bonchev–Trinajstić information content (AvgIpc) is 2.56. The molecule has 0 bridgehead atoms. The highest BCUT2D eigenvalue weighted by Crippen LogP contribution is 2.01. The molecule has 1 aromatic rings. The molecule has 0 saturated heterocycles. The maximum absolute atomic E-state index is 11.8. The van der Waals surface area contributed by atoms with Crippen molar-refractivity contribution in [2.75, 3.05) is 6.54 Å². The Morgan fingerprint density at radius 1 is 1.57 bits per heavy atom. The van der Waals surface area contributed by atoms with Crippen molar-refractivity contribution in [2.24, 2.45) is 0 Å². The molecular formula is C6H9F2N3O2S. The molecule has 0 aromatic carbocycles. The van der Waals surface area contributed by atoms with Crippen molar-refractivity contribution < 1.29 is 17.2 Å². The monoisotopic (exact) mass is 225 g/mol. The van der Waals surface area contributed by atoms with E-state index in [1.807, 2.05) is 0 Å². The summed E-state index contributed by atoms with van der Waals surface area (Å²) in [6.07, 6.45) is 3.31. The molecule has 1 aromatic heterocycles. The Morgan fingerprint density at radius 2 is 2.29 bits per heavy atom. The lowest BCUT2D eigenvalue weighted by Crippen LogP contribution is -2.31. The first-order chi connectivity index (χ1) is 6.52. The molecule has 1 rings (SSSR count). The number of hydrogen-bond acceptors (Lipinski definition) is 3. The lowest BCUT2D eigenvalue weighted by Gasteiger charge is -2.03. The number of H-pyrrole nitrogens is 1. The highest BCUT2D eigenvalue weighted by molar-refractivity contribution is 7.89. The molecule has 14 heavy (non-hydrogen) atoms. The standard InChI is InChI=1S/C6H9F2N3O2S/c7-6(8)14(12,13)11-2-1-5-9-3-4-10-5/h3-4,6,11H,1-2H2,(H,9,10). The number of nitrogens with one attached hydrogen (secondary N) is 2. The van der Waals surface area contributed by atoms with E-state index in [2.05, 4.69) is 9.97 Å². The van der Waals surface area contributed by atoms with Crippen LogP contribution < -0.4 is 4.72 Å². The van der Waals surface area contributed by atoms with E-state index in [1.165, 1.54) is 6.20 Å². The molecular weight excluding hydrogens is 216 g/mol. The summed E-state index contributed by atoms with van der Waals surface area (Å²) < 4.78 is 46.5. The summed E-state index contributed by atoms with van der Waals surface area (Å²) in [6.45, 7) is -0.0970. The van der Waals surface area contributed by atoms with Gasteiger partial charge in [-0.05, 0) is 0 Å². The predicted molar refractivity (Wildman–Crippen MR) is 45.2 cm³/mol. The van der Waals surface area contributed by atoms with Crippen LogP contribution in [0.25, 0.3) is 0 Å². The zero-order valence-electron chi connectivity index (χ0n) is 7.07. The zero-order chi connectivity index (χ0) is 10.6. The first-order valence-electron chi connectivity index (χ1n) is 3.77. The Kier molecular flexibility index (Phi) is 3.53. The van der Waals surface area contributed by atoms with E-state index in [1.54, 1.807) is 10.9 Å². The van der Waals surface area contributed by atoms with Gasteiger partial charge in [-0.1, -0.05) is 0 Å². The molecule has 1 heterocycles. The fraction of sp³-hybridized carbons (Fsp3) is 0.500. The minimum absolute atomic E-state index is 0.0970. The van der Waals surface area contributed by atoms with Gasteiger partial charge in [0.05, 0.1) is 0 Å². The summed E-state index contributed by atoms with van der Waals surface area (Å²) in [5.41, 5.74) is 0. The maximum Gasteiger partial charge on any atom is 0.350 e. The number of imidazole rings is 1. The van der Waals surface area contributed by atoms with Crippen molar-refractivity contribution in [1.82, 2.24) is 14.7 Å². The summed E-state index contributed by atoms with van der Waals surface area (Å²) in [6, 6.07) is 0. The molecule has 0 atom stereocenters. The Balaban J connectivity index is 2.36. The van der Waals surface area contributed by atoms with Crippen molar-refractivity contribution in [3.05, 3.63) is 18.2 Å². The van der Waals surface area contributed by atoms with Crippen LogP contribution in [0, 0.1) is 0 Å². The third-order valence-electron chi connectivity index (χ3n) is 1.45. The van der Waals surface area contributed by atoms with Gasteiger partial charge in [-0.3, -0.25) is 0 Å². The van der Waals surface area contributed by atoms with Crippen molar-refractivity contribution in [3.8, 4) is 0 Å². The molecule has 5 nitrogen and oxygen atoms in total. The summed E-state index contributed by atoms with van der Waals surface area (Å²) >= 11 is 0. The number of nitrogens with zero attached hydrogens (tertiary/aromatic N) is 1. The van der Waals surface area contributed by atoms with E-state index in [0.717, 1.165) is 0 Å². The van der Waals surface area contributed by atoms with Gasteiger partial charge in [0, 0.05) is 25.4 Å². The molecule has 80 valence electrons. The first kappa shape index (κ1) is 11.1. The van der Waals surface area contributed by atoms with Crippen LogP contribution in [-0.2, 0) is 16.4 Å². The van der Waals surface area contributed by atoms with Crippen molar-refractivity contribution in [2.45, 2.75) is 12.2 Å². The lowest BCUT2D eigenvalue weighted by atomic mass is 10.4. The van der Waals surface area contributed by atoms with E-state index in [-0.39, 0.29) is 13.0 Å². The normalized spacial score (nSPS) is 12.2. The fourth-order valence-electron chi connectivity index (χ4n) is 0.809. The van der Waals surface area contributed by atoms with Gasteiger partial charge in [0.1, 0.15) is 5.82 Å². The van der Waals surface area contributed by atoms with Gasteiger partial charge in [0.25, 0.3) is 10.0 Å². The minimum Gasteiger partial charge on any atom is -0.349 e. The smallest absolute Gasteiger partial charge is 0.349 e. The van der Waals surface area contributed by atoms with E-state index in [4.69, 9.17) is 0 Å². The van der Waals surface area contributed by atoms with E-state index in [0.29, 0.717) is 5.82 Å². The third kappa shape index (κ3) is 3.04. The number of alkyl halides is 2. The summed E-state index contributed by atoms with van der Waals surface area (Å²) in [5.74, 6) is -2.85. The highest BCUT2D eigenvalue weighted by atomic mass is 32.2. The van der Waals surface area contributed by atoms with Crippen molar-refractivity contribution in [1.29, 1.82) is 0 Å². The number of hydrogen-bond donors (Lipinski definition) is 2. The molecule has 0 aliphatic rings. The van der Waals surface area contributed by atoms with Gasteiger partial charge in [0.15, 0.2) is 0 Å². The van der Waals surface area contributed by atoms with Crippen LogP contribution in [0.4, 0.5) is 8.78 Å². The van der Waals surface area contributed by atoms with Gasteiger partial charge < -0.3 is 4.98 Å². The number of rotatable bonds is 5. The van der Waals surface area contributed by atoms with Crippen LogP contribution in [0.2, 0.25) is 0 Å². The number of aromatic nitrogens is 2. The molecule has 0 unspecified atom stereocenters. The lowest BCUT2D eigenvalue weighted by molar-refractivity contribution is 0.232. The van der Waals surface area contributed by atoms with Gasteiger partial charge in [-0.15, -0.1) is 0 Å². The largest absolute Gasteiger partial charge is 0.350 e. The Bertz CT molecular complexity index is 362. The molecule has 8 heteroatoms.